The predicted molar refractivity (Wildman–Crippen MR) is 81.5 cm³/mol. The van der Waals surface area contributed by atoms with Gasteiger partial charge in [-0.25, -0.2) is 0 Å². The van der Waals surface area contributed by atoms with E-state index >= 15 is 0 Å². The Morgan fingerprint density at radius 1 is 1.42 bits per heavy atom. The molecule has 0 saturated carbocycles. The summed E-state index contributed by atoms with van der Waals surface area (Å²) < 4.78 is 41.1. The maximum absolute atomic E-state index is 12.1. The van der Waals surface area contributed by atoms with Gasteiger partial charge in [0.2, 0.25) is 5.91 Å². The molecule has 0 radical (unpaired) electrons. The Hall–Kier alpha value is -1.80. The summed E-state index contributed by atoms with van der Waals surface area (Å²) in [6.07, 6.45) is -3.51. The average molecular weight is 346 g/mol. The van der Waals surface area contributed by atoms with Gasteiger partial charge in [-0.1, -0.05) is 12.1 Å². The van der Waals surface area contributed by atoms with Crippen molar-refractivity contribution in [3.8, 4) is 5.75 Å². The molecular formula is C16H21F3N2O3. The van der Waals surface area contributed by atoms with E-state index in [-0.39, 0.29) is 37.3 Å². The molecule has 1 aliphatic rings. The van der Waals surface area contributed by atoms with Crippen LogP contribution in [-0.4, -0.2) is 54.9 Å². The summed E-state index contributed by atoms with van der Waals surface area (Å²) in [5, 5.41) is 11.8. The molecule has 2 rings (SSSR count). The highest BCUT2D eigenvalue weighted by Crippen LogP contribution is 2.19. The number of carbonyl (C=O) groups excluding carboxylic acids is 1. The number of carbonyl (C=O) groups is 1. The minimum atomic E-state index is -4.38. The fourth-order valence-corrected chi connectivity index (χ4v) is 2.58. The maximum Gasteiger partial charge on any atom is 0.422 e. The van der Waals surface area contributed by atoms with Crippen LogP contribution in [0.2, 0.25) is 0 Å². The van der Waals surface area contributed by atoms with Crippen molar-refractivity contribution >= 4 is 5.91 Å². The third kappa shape index (κ3) is 6.37. The molecule has 1 aromatic carbocycles. The second-order valence-corrected chi connectivity index (χ2v) is 5.90. The van der Waals surface area contributed by atoms with E-state index in [0.717, 1.165) is 13.0 Å². The lowest BCUT2D eigenvalue weighted by Gasteiger charge is -2.15. The summed E-state index contributed by atoms with van der Waals surface area (Å²) in [5.41, 5.74) is 0.665. The average Bonchev–Trinajstić information content (AvgIpc) is 2.98. The highest BCUT2D eigenvalue weighted by molar-refractivity contribution is 5.78. The zero-order chi connectivity index (χ0) is 17.6. The van der Waals surface area contributed by atoms with E-state index in [1.165, 1.54) is 12.1 Å². The Labute approximate surface area is 138 Å². The number of likely N-dealkylation sites (tertiary alicyclic amines) is 1. The molecule has 0 aliphatic carbocycles. The number of hydrogen-bond acceptors (Lipinski definition) is 4. The van der Waals surface area contributed by atoms with Crippen LogP contribution in [0.3, 0.4) is 0 Å². The SMILES string of the molecule is O=C(CN1CCC(CO)C1)NCc1cccc(OCC(F)(F)F)c1. The van der Waals surface area contributed by atoms with Gasteiger partial charge in [-0.3, -0.25) is 9.69 Å². The third-order valence-electron chi connectivity index (χ3n) is 3.79. The van der Waals surface area contributed by atoms with Crippen LogP contribution >= 0.6 is 0 Å². The summed E-state index contributed by atoms with van der Waals surface area (Å²) in [6, 6.07) is 6.21. The van der Waals surface area contributed by atoms with Crippen LogP contribution in [0.15, 0.2) is 24.3 Å². The van der Waals surface area contributed by atoms with E-state index in [1.54, 1.807) is 12.1 Å². The fourth-order valence-electron chi connectivity index (χ4n) is 2.58. The molecule has 2 N–H and O–H groups in total. The van der Waals surface area contributed by atoms with Gasteiger partial charge >= 0.3 is 6.18 Å². The highest BCUT2D eigenvalue weighted by atomic mass is 19.4. The van der Waals surface area contributed by atoms with Crippen LogP contribution in [0.5, 0.6) is 5.75 Å². The van der Waals surface area contributed by atoms with Gasteiger partial charge in [0.15, 0.2) is 6.61 Å². The van der Waals surface area contributed by atoms with Gasteiger partial charge in [-0.2, -0.15) is 13.2 Å². The van der Waals surface area contributed by atoms with Crippen molar-refractivity contribution in [2.75, 3.05) is 32.8 Å². The Kier molecular flexibility index (Phi) is 6.44. The number of aliphatic hydroxyl groups excluding tert-OH is 1. The zero-order valence-corrected chi connectivity index (χ0v) is 13.2. The molecule has 1 atom stereocenters. The first-order chi connectivity index (χ1) is 11.4. The number of nitrogens with zero attached hydrogens (tertiary/aromatic N) is 1. The van der Waals surface area contributed by atoms with E-state index in [0.29, 0.717) is 12.1 Å². The largest absolute Gasteiger partial charge is 0.484 e. The molecule has 1 unspecified atom stereocenters. The second-order valence-electron chi connectivity index (χ2n) is 5.90. The summed E-state index contributed by atoms with van der Waals surface area (Å²) >= 11 is 0. The lowest BCUT2D eigenvalue weighted by Crippen LogP contribution is -2.35. The van der Waals surface area contributed by atoms with E-state index in [9.17, 15) is 18.0 Å². The molecule has 0 aromatic heterocycles. The van der Waals surface area contributed by atoms with Crippen LogP contribution in [0.25, 0.3) is 0 Å². The fraction of sp³-hybridized carbons (Fsp3) is 0.562. The Bertz CT molecular complexity index is 552. The van der Waals surface area contributed by atoms with Crippen LogP contribution in [0.1, 0.15) is 12.0 Å². The number of nitrogens with one attached hydrogen (secondary N) is 1. The molecule has 5 nitrogen and oxygen atoms in total. The molecule has 0 bridgehead atoms. The van der Waals surface area contributed by atoms with Crippen molar-refractivity contribution in [3.05, 3.63) is 29.8 Å². The van der Waals surface area contributed by atoms with Crippen molar-refractivity contribution in [2.24, 2.45) is 5.92 Å². The predicted octanol–water partition coefficient (Wildman–Crippen LogP) is 1.56. The molecule has 134 valence electrons. The molecule has 1 fully saturated rings. The van der Waals surface area contributed by atoms with E-state index in [2.05, 4.69) is 10.1 Å². The van der Waals surface area contributed by atoms with Crippen molar-refractivity contribution in [1.82, 2.24) is 10.2 Å². The summed E-state index contributed by atoms with van der Waals surface area (Å²) in [5.74, 6) is 0.180. The topological polar surface area (TPSA) is 61.8 Å². The van der Waals surface area contributed by atoms with Crippen LogP contribution in [0.4, 0.5) is 13.2 Å². The summed E-state index contributed by atoms with van der Waals surface area (Å²) in [6.45, 7) is 0.733. The van der Waals surface area contributed by atoms with E-state index in [4.69, 9.17) is 5.11 Å². The highest BCUT2D eigenvalue weighted by Gasteiger charge is 2.28. The summed E-state index contributed by atoms with van der Waals surface area (Å²) in [7, 11) is 0. The molecule has 1 aromatic rings. The van der Waals surface area contributed by atoms with Gasteiger partial charge in [-0.05, 0) is 36.6 Å². The van der Waals surface area contributed by atoms with Gasteiger partial charge in [0.1, 0.15) is 5.75 Å². The molecule has 8 heteroatoms. The maximum atomic E-state index is 12.1. The second kappa shape index (κ2) is 8.34. The summed E-state index contributed by atoms with van der Waals surface area (Å²) in [4.78, 5) is 13.9. The Morgan fingerprint density at radius 3 is 2.88 bits per heavy atom. The smallest absolute Gasteiger partial charge is 0.422 e. The Morgan fingerprint density at radius 2 is 2.21 bits per heavy atom. The molecule has 1 heterocycles. The van der Waals surface area contributed by atoms with Gasteiger partial charge in [0.25, 0.3) is 0 Å². The van der Waals surface area contributed by atoms with Crippen LogP contribution < -0.4 is 10.1 Å². The van der Waals surface area contributed by atoms with Gasteiger partial charge in [-0.15, -0.1) is 0 Å². The normalized spacial score (nSPS) is 18.6. The van der Waals surface area contributed by atoms with Crippen molar-refractivity contribution in [3.63, 3.8) is 0 Å². The monoisotopic (exact) mass is 346 g/mol. The van der Waals surface area contributed by atoms with Crippen LogP contribution in [0, 0.1) is 5.92 Å². The van der Waals surface area contributed by atoms with Crippen molar-refractivity contribution in [1.29, 1.82) is 0 Å². The lowest BCUT2D eigenvalue weighted by molar-refractivity contribution is -0.153. The first-order valence-electron chi connectivity index (χ1n) is 7.74. The minimum absolute atomic E-state index is 0.115. The molecular weight excluding hydrogens is 325 g/mol. The van der Waals surface area contributed by atoms with E-state index < -0.39 is 12.8 Å². The number of benzene rings is 1. The number of alkyl halides is 3. The Balaban J connectivity index is 1.76. The molecule has 24 heavy (non-hydrogen) atoms. The number of ether oxygens (including phenoxy) is 1. The molecule has 1 aliphatic heterocycles. The molecule has 1 amide bonds. The standard InChI is InChI=1S/C16H21F3N2O3/c17-16(18,19)11-24-14-3-1-2-12(6-14)7-20-15(23)9-21-5-4-13(8-21)10-22/h1-3,6,13,22H,4-5,7-11H2,(H,20,23). The first kappa shape index (κ1) is 18.5. The number of hydrogen-bond donors (Lipinski definition) is 2. The van der Waals surface area contributed by atoms with Crippen molar-refractivity contribution < 1.29 is 27.8 Å². The number of rotatable bonds is 7. The number of halogens is 3. The number of amides is 1. The van der Waals surface area contributed by atoms with Crippen LogP contribution in [-0.2, 0) is 11.3 Å². The van der Waals surface area contributed by atoms with Crippen molar-refractivity contribution in [2.45, 2.75) is 19.1 Å². The van der Waals surface area contributed by atoms with Gasteiger partial charge < -0.3 is 15.2 Å². The quantitative estimate of drug-likeness (QED) is 0.787. The zero-order valence-electron chi connectivity index (χ0n) is 13.2. The van der Waals surface area contributed by atoms with Gasteiger partial charge in [0.05, 0.1) is 6.54 Å². The lowest BCUT2D eigenvalue weighted by atomic mass is 10.1. The number of aliphatic hydroxyl groups is 1. The first-order valence-corrected chi connectivity index (χ1v) is 7.74. The molecule has 0 spiro atoms. The molecule has 1 saturated heterocycles. The van der Waals surface area contributed by atoms with Gasteiger partial charge in [0, 0.05) is 19.7 Å². The van der Waals surface area contributed by atoms with E-state index in [1.807, 2.05) is 4.90 Å². The minimum Gasteiger partial charge on any atom is -0.484 e. The third-order valence-corrected chi connectivity index (χ3v) is 3.79.